The molecule has 0 aliphatic carbocycles. The number of benzene rings is 1. The van der Waals surface area contributed by atoms with Crippen molar-refractivity contribution in [2.24, 2.45) is 0 Å². The molecule has 2 rings (SSSR count). The van der Waals surface area contributed by atoms with E-state index in [4.69, 9.17) is 0 Å². The summed E-state index contributed by atoms with van der Waals surface area (Å²) in [5.74, 6) is 0.605. The molecule has 1 aromatic carbocycles. The molecule has 0 saturated heterocycles. The number of aromatic nitrogens is 2. The molecule has 0 amide bonds. The van der Waals surface area contributed by atoms with E-state index in [9.17, 15) is 0 Å². The van der Waals surface area contributed by atoms with Crippen molar-refractivity contribution in [2.75, 3.05) is 6.54 Å². The summed E-state index contributed by atoms with van der Waals surface area (Å²) in [6.07, 6.45) is 4.93. The molecule has 1 aromatic heterocycles. The van der Waals surface area contributed by atoms with Gasteiger partial charge in [-0.25, -0.2) is 0 Å². The maximum absolute atomic E-state index is 3.92. The Bertz CT molecular complexity index is 408. The second-order valence-electron chi connectivity index (χ2n) is 4.38. The van der Waals surface area contributed by atoms with Gasteiger partial charge in [-0.2, -0.15) is 5.10 Å². The molecule has 1 atom stereocenters. The lowest BCUT2D eigenvalue weighted by molar-refractivity contribution is 0.594. The number of rotatable bonds is 6. The summed E-state index contributed by atoms with van der Waals surface area (Å²) < 4.78 is 0. The summed E-state index contributed by atoms with van der Waals surface area (Å²) in [5.41, 5.74) is 2.62. The second kappa shape index (κ2) is 6.21. The fourth-order valence-electron chi connectivity index (χ4n) is 1.87. The highest BCUT2D eigenvalue weighted by atomic mass is 15.1. The molecule has 0 radical (unpaired) electrons. The number of nitrogens with zero attached hydrogens (tertiary/aromatic N) is 1. The first kappa shape index (κ1) is 11.9. The van der Waals surface area contributed by atoms with Crippen molar-refractivity contribution in [3.05, 3.63) is 53.9 Å². The van der Waals surface area contributed by atoms with Crippen LogP contribution in [0.1, 0.15) is 30.4 Å². The predicted molar refractivity (Wildman–Crippen MR) is 69.8 cm³/mol. The van der Waals surface area contributed by atoms with Crippen molar-refractivity contribution in [3.8, 4) is 0 Å². The van der Waals surface area contributed by atoms with Gasteiger partial charge in [-0.05, 0) is 24.4 Å². The molecule has 17 heavy (non-hydrogen) atoms. The Kier molecular flexibility index (Phi) is 4.33. The summed E-state index contributed by atoms with van der Waals surface area (Å²) in [6.45, 7) is 4.19. The largest absolute Gasteiger partial charge is 0.313 e. The van der Waals surface area contributed by atoms with Crippen molar-refractivity contribution in [3.63, 3.8) is 0 Å². The summed E-state index contributed by atoms with van der Waals surface area (Å²) in [7, 11) is 0. The van der Waals surface area contributed by atoms with Gasteiger partial charge >= 0.3 is 0 Å². The first-order chi connectivity index (χ1) is 8.36. The molecular formula is C14H19N3. The quantitative estimate of drug-likeness (QED) is 0.748. The number of H-pyrrole nitrogens is 1. The van der Waals surface area contributed by atoms with Gasteiger partial charge in [0.15, 0.2) is 0 Å². The third-order valence-electron chi connectivity index (χ3n) is 3.01. The SMILES string of the molecule is CC(CCNCc1cn[nH]c1)c1ccccc1. The van der Waals surface area contributed by atoms with E-state index in [0.29, 0.717) is 5.92 Å². The summed E-state index contributed by atoms with van der Waals surface area (Å²) in [4.78, 5) is 0. The molecule has 2 aromatic rings. The molecule has 0 saturated carbocycles. The van der Waals surface area contributed by atoms with Gasteiger partial charge in [0, 0.05) is 18.3 Å². The van der Waals surface area contributed by atoms with Crippen molar-refractivity contribution >= 4 is 0 Å². The van der Waals surface area contributed by atoms with Gasteiger partial charge in [-0.15, -0.1) is 0 Å². The van der Waals surface area contributed by atoms with Gasteiger partial charge in [0.05, 0.1) is 6.20 Å². The molecule has 1 unspecified atom stereocenters. The Labute approximate surface area is 102 Å². The van der Waals surface area contributed by atoms with Gasteiger partial charge in [-0.1, -0.05) is 37.3 Å². The third kappa shape index (κ3) is 3.71. The molecule has 0 bridgehead atoms. The fourth-order valence-corrected chi connectivity index (χ4v) is 1.87. The third-order valence-corrected chi connectivity index (χ3v) is 3.01. The second-order valence-corrected chi connectivity index (χ2v) is 4.38. The first-order valence-electron chi connectivity index (χ1n) is 6.09. The van der Waals surface area contributed by atoms with Crippen LogP contribution in [0.25, 0.3) is 0 Å². The molecule has 0 spiro atoms. The lowest BCUT2D eigenvalue weighted by Crippen LogP contribution is -2.16. The monoisotopic (exact) mass is 229 g/mol. The van der Waals surface area contributed by atoms with E-state index < -0.39 is 0 Å². The van der Waals surface area contributed by atoms with Crippen molar-refractivity contribution in [2.45, 2.75) is 25.8 Å². The van der Waals surface area contributed by atoms with Crippen LogP contribution >= 0.6 is 0 Å². The van der Waals surface area contributed by atoms with Crippen LogP contribution in [0.2, 0.25) is 0 Å². The van der Waals surface area contributed by atoms with E-state index in [1.165, 1.54) is 11.1 Å². The van der Waals surface area contributed by atoms with Crippen molar-refractivity contribution in [1.29, 1.82) is 0 Å². The van der Waals surface area contributed by atoms with Crippen LogP contribution in [0.4, 0.5) is 0 Å². The Morgan fingerprint density at radius 1 is 1.29 bits per heavy atom. The smallest absolute Gasteiger partial charge is 0.0532 e. The van der Waals surface area contributed by atoms with Crippen LogP contribution in [0.15, 0.2) is 42.7 Å². The topological polar surface area (TPSA) is 40.7 Å². The standard InChI is InChI=1S/C14H19N3/c1-12(14-5-3-2-4-6-14)7-8-15-9-13-10-16-17-11-13/h2-6,10-12,15H,7-9H2,1H3,(H,16,17). The van der Waals surface area contributed by atoms with Crippen LogP contribution in [0, 0.1) is 0 Å². The lowest BCUT2D eigenvalue weighted by Gasteiger charge is -2.11. The lowest BCUT2D eigenvalue weighted by atomic mass is 9.98. The molecular weight excluding hydrogens is 210 g/mol. The van der Waals surface area contributed by atoms with E-state index in [2.05, 4.69) is 52.8 Å². The summed E-state index contributed by atoms with van der Waals surface area (Å²) in [6, 6.07) is 10.7. The van der Waals surface area contributed by atoms with Crippen molar-refractivity contribution in [1.82, 2.24) is 15.5 Å². The van der Waals surface area contributed by atoms with E-state index in [1.807, 2.05) is 12.4 Å². The molecule has 0 aliphatic heterocycles. The highest BCUT2D eigenvalue weighted by molar-refractivity contribution is 5.18. The van der Waals surface area contributed by atoms with E-state index in [1.54, 1.807) is 0 Å². The Morgan fingerprint density at radius 2 is 2.12 bits per heavy atom. The predicted octanol–water partition coefficient (Wildman–Crippen LogP) is 2.69. The van der Waals surface area contributed by atoms with Gasteiger partial charge in [0.25, 0.3) is 0 Å². The highest BCUT2D eigenvalue weighted by Gasteiger charge is 2.03. The van der Waals surface area contributed by atoms with Gasteiger partial charge in [0.2, 0.25) is 0 Å². The van der Waals surface area contributed by atoms with E-state index in [0.717, 1.165) is 19.5 Å². The van der Waals surface area contributed by atoms with Crippen LogP contribution in [-0.4, -0.2) is 16.7 Å². The number of nitrogens with one attached hydrogen (secondary N) is 2. The summed E-state index contributed by atoms with van der Waals surface area (Å²) in [5, 5.41) is 10.2. The average molecular weight is 229 g/mol. The fraction of sp³-hybridized carbons (Fsp3) is 0.357. The number of hydrogen-bond donors (Lipinski definition) is 2. The maximum Gasteiger partial charge on any atom is 0.0532 e. The van der Waals surface area contributed by atoms with E-state index >= 15 is 0 Å². The van der Waals surface area contributed by atoms with Crippen LogP contribution < -0.4 is 5.32 Å². The zero-order chi connectivity index (χ0) is 11.9. The molecule has 90 valence electrons. The molecule has 0 aliphatic rings. The zero-order valence-corrected chi connectivity index (χ0v) is 10.2. The number of aromatic amines is 1. The molecule has 3 nitrogen and oxygen atoms in total. The Morgan fingerprint density at radius 3 is 2.82 bits per heavy atom. The van der Waals surface area contributed by atoms with Crippen LogP contribution in [0.3, 0.4) is 0 Å². The minimum atomic E-state index is 0.605. The van der Waals surface area contributed by atoms with Gasteiger partial charge in [0.1, 0.15) is 0 Å². The number of hydrogen-bond acceptors (Lipinski definition) is 2. The summed E-state index contributed by atoms with van der Waals surface area (Å²) >= 11 is 0. The minimum Gasteiger partial charge on any atom is -0.313 e. The highest BCUT2D eigenvalue weighted by Crippen LogP contribution is 2.17. The van der Waals surface area contributed by atoms with Crippen LogP contribution in [-0.2, 0) is 6.54 Å². The zero-order valence-electron chi connectivity index (χ0n) is 10.2. The normalized spacial score (nSPS) is 12.5. The average Bonchev–Trinajstić information content (AvgIpc) is 2.88. The van der Waals surface area contributed by atoms with Crippen LogP contribution in [0.5, 0.6) is 0 Å². The molecule has 3 heteroatoms. The molecule has 1 heterocycles. The van der Waals surface area contributed by atoms with Crippen molar-refractivity contribution < 1.29 is 0 Å². The Hall–Kier alpha value is -1.61. The first-order valence-corrected chi connectivity index (χ1v) is 6.09. The van der Waals surface area contributed by atoms with E-state index in [-0.39, 0.29) is 0 Å². The minimum absolute atomic E-state index is 0.605. The molecule has 2 N–H and O–H groups in total. The van der Waals surface area contributed by atoms with Gasteiger partial charge in [-0.3, -0.25) is 5.10 Å². The van der Waals surface area contributed by atoms with Gasteiger partial charge < -0.3 is 5.32 Å². The Balaban J connectivity index is 1.68. The maximum atomic E-state index is 3.92. The molecule has 0 fully saturated rings.